The molecular weight excluding hydrogens is 408 g/mol. The van der Waals surface area contributed by atoms with Crippen molar-refractivity contribution in [2.24, 2.45) is 5.92 Å². The van der Waals surface area contributed by atoms with E-state index in [-0.39, 0.29) is 30.2 Å². The highest BCUT2D eigenvalue weighted by molar-refractivity contribution is 6.05. The molecule has 0 aromatic heterocycles. The van der Waals surface area contributed by atoms with Crippen LogP contribution < -0.4 is 15.4 Å². The van der Waals surface area contributed by atoms with Crippen molar-refractivity contribution in [3.8, 4) is 5.75 Å². The van der Waals surface area contributed by atoms with E-state index in [0.717, 1.165) is 56.3 Å². The maximum absolute atomic E-state index is 13.0. The van der Waals surface area contributed by atoms with Crippen LogP contribution in [0.1, 0.15) is 54.4 Å². The predicted octanol–water partition coefficient (Wildman–Crippen LogP) is 1.29. The third kappa shape index (κ3) is 4.38. The molecule has 4 heterocycles. The number of carbonyl (C=O) groups is 3. The standard InChI is InChI=1S/C24H32N4O4/c29-22-5-4-20(23(30)26-22)28-15-19-18(24(28)31)2-1-3-21(19)32-17-8-12-27(13-9-17)14-16-6-10-25-11-7-16/h1-3,16-17,20,25H,4-15H2,(H,26,29,30). The average Bonchev–Trinajstić information content (AvgIpc) is 3.13. The van der Waals surface area contributed by atoms with Crippen molar-refractivity contribution >= 4 is 17.7 Å². The molecule has 0 saturated carbocycles. The SMILES string of the molecule is O=C1CCC(N2Cc3c(OC4CCN(CC5CCNCC5)CC4)cccc3C2=O)C(=O)N1. The van der Waals surface area contributed by atoms with Crippen LogP contribution in [0, 0.1) is 5.92 Å². The summed E-state index contributed by atoms with van der Waals surface area (Å²) in [5.41, 5.74) is 1.47. The first-order chi connectivity index (χ1) is 15.6. The Balaban J connectivity index is 1.20. The molecule has 0 radical (unpaired) electrons. The Morgan fingerprint density at radius 2 is 1.78 bits per heavy atom. The van der Waals surface area contributed by atoms with E-state index in [1.54, 1.807) is 11.0 Å². The Labute approximate surface area is 188 Å². The summed E-state index contributed by atoms with van der Waals surface area (Å²) in [6, 6.07) is 4.99. The first kappa shape index (κ1) is 21.4. The Morgan fingerprint density at radius 3 is 2.53 bits per heavy atom. The van der Waals surface area contributed by atoms with Crippen molar-refractivity contribution in [3.05, 3.63) is 29.3 Å². The molecule has 3 amide bonds. The van der Waals surface area contributed by atoms with E-state index in [1.165, 1.54) is 19.4 Å². The molecule has 3 saturated heterocycles. The molecule has 1 aromatic rings. The minimum Gasteiger partial charge on any atom is -0.490 e. The van der Waals surface area contributed by atoms with Crippen LogP contribution in [-0.4, -0.2) is 72.4 Å². The van der Waals surface area contributed by atoms with Crippen molar-refractivity contribution < 1.29 is 19.1 Å². The zero-order chi connectivity index (χ0) is 22.1. The number of amides is 3. The second-order valence-corrected chi connectivity index (χ2v) is 9.49. The van der Waals surface area contributed by atoms with Gasteiger partial charge in [0.15, 0.2) is 0 Å². The summed E-state index contributed by atoms with van der Waals surface area (Å²) in [5.74, 6) is 0.742. The van der Waals surface area contributed by atoms with Crippen molar-refractivity contribution in [2.75, 3.05) is 32.7 Å². The topological polar surface area (TPSA) is 91.0 Å². The lowest BCUT2D eigenvalue weighted by Crippen LogP contribution is -2.52. The van der Waals surface area contributed by atoms with Gasteiger partial charge in [-0.15, -0.1) is 0 Å². The highest BCUT2D eigenvalue weighted by Gasteiger charge is 2.40. The fourth-order valence-electron chi connectivity index (χ4n) is 5.49. The summed E-state index contributed by atoms with van der Waals surface area (Å²) in [4.78, 5) is 40.9. The predicted molar refractivity (Wildman–Crippen MR) is 118 cm³/mol. The van der Waals surface area contributed by atoms with Gasteiger partial charge < -0.3 is 19.9 Å². The second kappa shape index (κ2) is 9.19. The van der Waals surface area contributed by atoms with Gasteiger partial charge in [0, 0.05) is 37.2 Å². The smallest absolute Gasteiger partial charge is 0.255 e. The molecule has 0 spiro atoms. The second-order valence-electron chi connectivity index (χ2n) is 9.49. The van der Waals surface area contributed by atoms with Crippen LogP contribution in [0.5, 0.6) is 5.75 Å². The molecule has 5 rings (SSSR count). The van der Waals surface area contributed by atoms with E-state index in [0.29, 0.717) is 18.5 Å². The zero-order valence-electron chi connectivity index (χ0n) is 18.5. The lowest BCUT2D eigenvalue weighted by molar-refractivity contribution is -0.136. The Morgan fingerprint density at radius 1 is 1.00 bits per heavy atom. The van der Waals surface area contributed by atoms with Crippen LogP contribution in [0.25, 0.3) is 0 Å². The van der Waals surface area contributed by atoms with E-state index in [4.69, 9.17) is 4.74 Å². The third-order valence-corrected chi connectivity index (χ3v) is 7.34. The number of ether oxygens (including phenoxy) is 1. The molecule has 4 aliphatic rings. The number of benzene rings is 1. The minimum atomic E-state index is -0.598. The minimum absolute atomic E-state index is 0.144. The van der Waals surface area contributed by atoms with Crippen LogP contribution in [0.3, 0.4) is 0 Å². The lowest BCUT2D eigenvalue weighted by Gasteiger charge is -2.35. The molecule has 172 valence electrons. The first-order valence-corrected chi connectivity index (χ1v) is 11.9. The number of piperidine rings is 3. The molecule has 1 unspecified atom stereocenters. The van der Waals surface area contributed by atoms with Crippen molar-refractivity contribution in [3.63, 3.8) is 0 Å². The van der Waals surface area contributed by atoms with Gasteiger partial charge in [-0.25, -0.2) is 0 Å². The number of imide groups is 1. The fraction of sp³-hybridized carbons (Fsp3) is 0.625. The van der Waals surface area contributed by atoms with Crippen molar-refractivity contribution in [1.82, 2.24) is 20.4 Å². The van der Waals surface area contributed by atoms with Crippen LogP contribution in [-0.2, 0) is 16.1 Å². The van der Waals surface area contributed by atoms with E-state index >= 15 is 0 Å². The van der Waals surface area contributed by atoms with Gasteiger partial charge in [0.1, 0.15) is 17.9 Å². The van der Waals surface area contributed by atoms with Gasteiger partial charge in [-0.05, 0) is 63.2 Å². The summed E-state index contributed by atoms with van der Waals surface area (Å²) in [7, 11) is 0. The number of likely N-dealkylation sites (tertiary alicyclic amines) is 1. The molecule has 32 heavy (non-hydrogen) atoms. The molecule has 3 fully saturated rings. The average molecular weight is 441 g/mol. The zero-order valence-corrected chi connectivity index (χ0v) is 18.5. The molecular formula is C24H32N4O4. The Kier molecular flexibility index (Phi) is 6.15. The van der Waals surface area contributed by atoms with Crippen LogP contribution in [0.15, 0.2) is 18.2 Å². The van der Waals surface area contributed by atoms with Crippen molar-refractivity contribution in [2.45, 2.75) is 57.2 Å². The van der Waals surface area contributed by atoms with Gasteiger partial charge >= 0.3 is 0 Å². The maximum Gasteiger partial charge on any atom is 0.255 e. The highest BCUT2D eigenvalue weighted by atomic mass is 16.5. The number of nitrogens with one attached hydrogen (secondary N) is 2. The molecule has 4 aliphatic heterocycles. The monoisotopic (exact) mass is 440 g/mol. The summed E-state index contributed by atoms with van der Waals surface area (Å²) in [6.45, 7) is 5.90. The normalized spacial score (nSPS) is 25.7. The third-order valence-electron chi connectivity index (χ3n) is 7.34. The highest BCUT2D eigenvalue weighted by Crippen LogP contribution is 2.35. The van der Waals surface area contributed by atoms with E-state index in [2.05, 4.69) is 15.5 Å². The number of rotatable bonds is 5. The van der Waals surface area contributed by atoms with Gasteiger partial charge in [0.25, 0.3) is 5.91 Å². The molecule has 1 aromatic carbocycles. The number of nitrogens with zero attached hydrogens (tertiary/aromatic N) is 2. The molecule has 8 nitrogen and oxygen atoms in total. The van der Waals surface area contributed by atoms with Crippen LogP contribution >= 0.6 is 0 Å². The van der Waals surface area contributed by atoms with E-state index in [9.17, 15) is 14.4 Å². The lowest BCUT2D eigenvalue weighted by atomic mass is 9.96. The number of hydrogen-bond acceptors (Lipinski definition) is 6. The summed E-state index contributed by atoms with van der Waals surface area (Å²) in [5, 5.41) is 5.79. The fourth-order valence-corrected chi connectivity index (χ4v) is 5.49. The van der Waals surface area contributed by atoms with Crippen LogP contribution in [0.2, 0.25) is 0 Å². The summed E-state index contributed by atoms with van der Waals surface area (Å²) >= 11 is 0. The van der Waals surface area contributed by atoms with Crippen molar-refractivity contribution in [1.29, 1.82) is 0 Å². The number of hydrogen-bond donors (Lipinski definition) is 2. The maximum atomic E-state index is 13.0. The van der Waals surface area contributed by atoms with E-state index < -0.39 is 6.04 Å². The van der Waals surface area contributed by atoms with Gasteiger partial charge in [-0.2, -0.15) is 0 Å². The largest absolute Gasteiger partial charge is 0.490 e. The quantitative estimate of drug-likeness (QED) is 0.671. The first-order valence-electron chi connectivity index (χ1n) is 11.9. The summed E-state index contributed by atoms with van der Waals surface area (Å²) in [6.07, 6.45) is 5.28. The van der Waals surface area contributed by atoms with Gasteiger partial charge in [-0.1, -0.05) is 6.07 Å². The van der Waals surface area contributed by atoms with Gasteiger partial charge in [0.2, 0.25) is 11.8 Å². The molecule has 2 N–H and O–H groups in total. The Bertz CT molecular complexity index is 890. The molecule has 8 heteroatoms. The molecule has 0 aliphatic carbocycles. The molecule has 0 bridgehead atoms. The van der Waals surface area contributed by atoms with Gasteiger partial charge in [0.05, 0.1) is 6.54 Å². The van der Waals surface area contributed by atoms with Crippen LogP contribution in [0.4, 0.5) is 0 Å². The van der Waals surface area contributed by atoms with Gasteiger partial charge in [-0.3, -0.25) is 19.7 Å². The van der Waals surface area contributed by atoms with E-state index in [1.807, 2.05) is 12.1 Å². The number of fused-ring (bicyclic) bond motifs is 1. The summed E-state index contributed by atoms with van der Waals surface area (Å²) < 4.78 is 6.39. The molecule has 1 atom stereocenters. The number of carbonyl (C=O) groups excluding carboxylic acids is 3. The Hall–Kier alpha value is -2.45.